The van der Waals surface area contributed by atoms with Crippen LogP contribution in [0.1, 0.15) is 5.56 Å². The molecule has 30 heavy (non-hydrogen) atoms. The van der Waals surface area contributed by atoms with Gasteiger partial charge in [-0.3, -0.25) is 9.36 Å². The Morgan fingerprint density at radius 1 is 1.13 bits per heavy atom. The Labute approximate surface area is 180 Å². The lowest BCUT2D eigenvalue weighted by atomic mass is 10.2. The summed E-state index contributed by atoms with van der Waals surface area (Å²) in [5.41, 5.74) is 3.02. The molecule has 0 radical (unpaired) electrons. The number of aromatic nitrogens is 3. The number of nitrogens with zero attached hydrogens (tertiary/aromatic N) is 4. The van der Waals surface area contributed by atoms with Crippen molar-refractivity contribution in [3.63, 3.8) is 0 Å². The predicted molar refractivity (Wildman–Crippen MR) is 116 cm³/mol. The summed E-state index contributed by atoms with van der Waals surface area (Å²) in [6.45, 7) is 4.51. The summed E-state index contributed by atoms with van der Waals surface area (Å²) in [6.07, 6.45) is 0. The molecule has 8 heteroatoms. The highest BCUT2D eigenvalue weighted by Crippen LogP contribution is 2.30. The molecule has 0 N–H and O–H groups in total. The number of morpholine rings is 1. The van der Waals surface area contributed by atoms with Crippen LogP contribution in [0.3, 0.4) is 0 Å². The van der Waals surface area contributed by atoms with E-state index < -0.39 is 0 Å². The molecule has 0 aliphatic carbocycles. The van der Waals surface area contributed by atoms with Crippen molar-refractivity contribution >= 4 is 17.7 Å². The molecule has 0 bridgehead atoms. The fourth-order valence-corrected chi connectivity index (χ4v) is 4.12. The molecule has 4 rings (SSSR count). The summed E-state index contributed by atoms with van der Waals surface area (Å²) in [5, 5.41) is 9.53. The van der Waals surface area contributed by atoms with Crippen molar-refractivity contribution in [2.45, 2.75) is 12.1 Å². The normalized spacial score (nSPS) is 14.0. The number of hydrogen-bond donors (Lipinski definition) is 0. The van der Waals surface area contributed by atoms with Gasteiger partial charge in [0.05, 0.1) is 26.1 Å². The van der Waals surface area contributed by atoms with E-state index in [1.54, 1.807) is 7.11 Å². The summed E-state index contributed by atoms with van der Waals surface area (Å²) in [4.78, 5) is 14.4. The number of carbonyl (C=O) groups excluding carboxylic acids is 1. The first-order valence-electron chi connectivity index (χ1n) is 9.81. The van der Waals surface area contributed by atoms with Crippen molar-refractivity contribution in [3.8, 4) is 22.8 Å². The van der Waals surface area contributed by atoms with Gasteiger partial charge in [0.2, 0.25) is 5.91 Å². The van der Waals surface area contributed by atoms with Crippen LogP contribution >= 0.6 is 11.8 Å². The summed E-state index contributed by atoms with van der Waals surface area (Å²) in [5.74, 6) is 1.86. The number of amides is 1. The van der Waals surface area contributed by atoms with E-state index >= 15 is 0 Å². The van der Waals surface area contributed by atoms with Gasteiger partial charge in [-0.1, -0.05) is 41.6 Å². The number of ether oxygens (including phenoxy) is 2. The van der Waals surface area contributed by atoms with Crippen molar-refractivity contribution < 1.29 is 14.3 Å². The molecule has 2 aromatic carbocycles. The Morgan fingerprint density at radius 3 is 2.63 bits per heavy atom. The molecular formula is C22H24N4O3S. The second-order valence-corrected chi connectivity index (χ2v) is 7.93. The lowest BCUT2D eigenvalue weighted by Crippen LogP contribution is -2.41. The van der Waals surface area contributed by atoms with Crippen molar-refractivity contribution in [2.24, 2.45) is 0 Å². The smallest absolute Gasteiger partial charge is 0.233 e. The maximum Gasteiger partial charge on any atom is 0.233 e. The number of carbonyl (C=O) groups is 1. The molecule has 7 nitrogen and oxygen atoms in total. The second-order valence-electron chi connectivity index (χ2n) is 6.99. The molecule has 1 aromatic heterocycles. The molecule has 3 aromatic rings. The zero-order valence-corrected chi connectivity index (χ0v) is 17.9. The van der Waals surface area contributed by atoms with Crippen molar-refractivity contribution in [3.05, 3.63) is 54.1 Å². The fraction of sp³-hybridized carbons (Fsp3) is 0.318. The molecule has 0 spiro atoms. The molecule has 0 saturated carbocycles. The van der Waals surface area contributed by atoms with Crippen LogP contribution in [0.15, 0.2) is 53.7 Å². The molecule has 156 valence electrons. The van der Waals surface area contributed by atoms with E-state index in [1.165, 1.54) is 17.3 Å². The van der Waals surface area contributed by atoms with E-state index in [9.17, 15) is 4.79 Å². The molecule has 1 fully saturated rings. The Bertz CT molecular complexity index is 1010. The van der Waals surface area contributed by atoms with Gasteiger partial charge < -0.3 is 14.4 Å². The van der Waals surface area contributed by atoms with Crippen LogP contribution in [0.25, 0.3) is 17.1 Å². The first-order valence-corrected chi connectivity index (χ1v) is 10.8. The number of rotatable bonds is 6. The average molecular weight is 425 g/mol. The van der Waals surface area contributed by atoms with Gasteiger partial charge in [0.15, 0.2) is 11.0 Å². The SMILES string of the molecule is COc1cccc(-c2nnc(SCC(=O)N3CCOCC3)n2-c2ccc(C)cc2)c1. The topological polar surface area (TPSA) is 69.5 Å². The lowest BCUT2D eigenvalue weighted by Gasteiger charge is -2.26. The molecule has 1 aliphatic rings. The summed E-state index contributed by atoms with van der Waals surface area (Å²) < 4.78 is 12.7. The van der Waals surface area contributed by atoms with E-state index in [4.69, 9.17) is 9.47 Å². The van der Waals surface area contributed by atoms with E-state index in [-0.39, 0.29) is 5.91 Å². The standard InChI is InChI=1S/C22H24N4O3S/c1-16-6-8-18(9-7-16)26-21(17-4-3-5-19(14-17)28-2)23-24-22(26)30-15-20(27)25-10-12-29-13-11-25/h3-9,14H,10-13,15H2,1-2H3. The van der Waals surface area contributed by atoms with E-state index in [2.05, 4.69) is 29.3 Å². The van der Waals surface area contributed by atoms with E-state index in [0.29, 0.717) is 43.0 Å². The maximum atomic E-state index is 12.6. The fourth-order valence-electron chi connectivity index (χ4n) is 3.27. The van der Waals surface area contributed by atoms with E-state index in [1.807, 2.05) is 45.9 Å². The molecule has 2 heterocycles. The van der Waals surface area contributed by atoms with Crippen molar-refractivity contribution in [1.82, 2.24) is 19.7 Å². The minimum Gasteiger partial charge on any atom is -0.497 e. The van der Waals surface area contributed by atoms with Crippen LogP contribution in [0.2, 0.25) is 0 Å². The van der Waals surface area contributed by atoms with Crippen molar-refractivity contribution in [2.75, 3.05) is 39.2 Å². The van der Waals surface area contributed by atoms with Crippen LogP contribution in [-0.4, -0.2) is 64.7 Å². The van der Waals surface area contributed by atoms with Crippen LogP contribution in [0, 0.1) is 6.92 Å². The Kier molecular flexibility index (Phi) is 6.35. The summed E-state index contributed by atoms with van der Waals surface area (Å²) in [7, 11) is 1.64. The third-order valence-corrected chi connectivity index (χ3v) is 5.86. The summed E-state index contributed by atoms with van der Waals surface area (Å²) in [6, 6.07) is 15.9. The molecule has 0 unspecified atom stereocenters. The Hall–Kier alpha value is -2.84. The number of methoxy groups -OCH3 is 1. The number of benzene rings is 2. The number of aryl methyl sites for hydroxylation is 1. The quantitative estimate of drug-likeness (QED) is 0.566. The first-order chi connectivity index (χ1) is 14.7. The third-order valence-electron chi connectivity index (χ3n) is 4.94. The third kappa shape index (κ3) is 4.49. The lowest BCUT2D eigenvalue weighted by molar-refractivity contribution is -0.132. The molecular weight excluding hydrogens is 400 g/mol. The molecule has 1 amide bonds. The van der Waals surface area contributed by atoms with Crippen LogP contribution in [0.4, 0.5) is 0 Å². The van der Waals surface area contributed by atoms with Gasteiger partial charge >= 0.3 is 0 Å². The van der Waals surface area contributed by atoms with Gasteiger partial charge in [-0.05, 0) is 31.2 Å². The maximum absolute atomic E-state index is 12.6. The zero-order valence-electron chi connectivity index (χ0n) is 17.1. The highest BCUT2D eigenvalue weighted by molar-refractivity contribution is 7.99. The van der Waals surface area contributed by atoms with Crippen molar-refractivity contribution in [1.29, 1.82) is 0 Å². The highest BCUT2D eigenvalue weighted by Gasteiger charge is 2.21. The van der Waals surface area contributed by atoms with E-state index in [0.717, 1.165) is 17.0 Å². The molecule has 1 aliphatic heterocycles. The van der Waals surface area contributed by atoms with Gasteiger partial charge in [0.25, 0.3) is 0 Å². The van der Waals surface area contributed by atoms with Gasteiger partial charge in [0, 0.05) is 24.3 Å². The molecule has 1 saturated heterocycles. The molecule has 0 atom stereocenters. The van der Waals surface area contributed by atoms with Gasteiger partial charge in [0.1, 0.15) is 5.75 Å². The predicted octanol–water partition coefficient (Wildman–Crippen LogP) is 3.20. The highest BCUT2D eigenvalue weighted by atomic mass is 32.2. The minimum atomic E-state index is 0.0877. The van der Waals surface area contributed by atoms with Gasteiger partial charge in [-0.25, -0.2) is 0 Å². The Balaban J connectivity index is 1.65. The second kappa shape index (κ2) is 9.32. The zero-order chi connectivity index (χ0) is 20.9. The minimum absolute atomic E-state index is 0.0877. The van der Waals surface area contributed by atoms with Gasteiger partial charge in [-0.2, -0.15) is 0 Å². The van der Waals surface area contributed by atoms with Crippen LogP contribution in [0.5, 0.6) is 5.75 Å². The monoisotopic (exact) mass is 424 g/mol. The average Bonchev–Trinajstić information content (AvgIpc) is 3.22. The largest absolute Gasteiger partial charge is 0.497 e. The number of thioether (sulfide) groups is 1. The Morgan fingerprint density at radius 2 is 1.90 bits per heavy atom. The summed E-state index contributed by atoms with van der Waals surface area (Å²) >= 11 is 1.40. The van der Waals surface area contributed by atoms with Crippen LogP contribution < -0.4 is 4.74 Å². The number of hydrogen-bond acceptors (Lipinski definition) is 6. The van der Waals surface area contributed by atoms with Crippen LogP contribution in [-0.2, 0) is 9.53 Å². The van der Waals surface area contributed by atoms with Gasteiger partial charge in [-0.15, -0.1) is 10.2 Å². The first kappa shape index (κ1) is 20.4.